The minimum atomic E-state index is 0.148. The summed E-state index contributed by atoms with van der Waals surface area (Å²) in [5.41, 5.74) is 9.34. The first-order valence-corrected chi connectivity index (χ1v) is 14.3. The third-order valence-corrected chi connectivity index (χ3v) is 7.61. The van der Waals surface area contributed by atoms with Gasteiger partial charge in [0, 0.05) is 34.3 Å². The summed E-state index contributed by atoms with van der Waals surface area (Å²) in [5, 5.41) is 10.4. The number of nitrogens with zero attached hydrogens (tertiary/aromatic N) is 4. The van der Waals surface area contributed by atoms with E-state index in [-0.39, 0.29) is 5.92 Å². The second kappa shape index (κ2) is 11.9. The topological polar surface area (TPSA) is 66.3 Å². The van der Waals surface area contributed by atoms with Gasteiger partial charge in [-0.1, -0.05) is 96.2 Å². The second-order valence-corrected chi connectivity index (χ2v) is 10.6. The first-order chi connectivity index (χ1) is 18.1. The van der Waals surface area contributed by atoms with Crippen LogP contribution in [0.2, 0.25) is 5.02 Å². The molecule has 186 valence electrons. The number of halogens is 1. The summed E-state index contributed by atoms with van der Waals surface area (Å²) in [6.45, 7) is 0.666. The lowest BCUT2D eigenvalue weighted by atomic mass is 9.86. The van der Waals surface area contributed by atoms with Crippen molar-refractivity contribution in [3.8, 4) is 0 Å². The SMILES string of the molecule is CS/C(N)=N\C(=N\Sc1ccc2ccccc2c1)N1CCC(c2ccccc2)C(c2ccc(Cl)cc2)=N1. The number of fused-ring (bicyclic) bond motifs is 1. The summed E-state index contributed by atoms with van der Waals surface area (Å²) < 4.78 is 4.80. The molecule has 4 aromatic rings. The van der Waals surface area contributed by atoms with Crippen molar-refractivity contribution in [1.29, 1.82) is 0 Å². The van der Waals surface area contributed by atoms with Crippen LogP contribution in [0, 0.1) is 0 Å². The molecule has 0 aliphatic carbocycles. The molecule has 0 saturated heterocycles. The zero-order valence-corrected chi connectivity index (χ0v) is 22.7. The lowest BCUT2D eigenvalue weighted by Crippen LogP contribution is -2.35. The number of benzene rings is 4. The normalized spacial score (nSPS) is 16.6. The van der Waals surface area contributed by atoms with E-state index in [4.69, 9.17) is 26.8 Å². The fraction of sp³-hybridized carbons (Fsp3) is 0.138. The highest BCUT2D eigenvalue weighted by molar-refractivity contribution is 8.13. The molecular formula is C29H26ClN5S2. The van der Waals surface area contributed by atoms with Crippen molar-refractivity contribution >= 4 is 62.9 Å². The van der Waals surface area contributed by atoms with Crippen LogP contribution in [0.25, 0.3) is 10.8 Å². The molecule has 0 spiro atoms. The molecule has 1 aliphatic heterocycles. The highest BCUT2D eigenvalue weighted by atomic mass is 35.5. The summed E-state index contributed by atoms with van der Waals surface area (Å²) in [6.07, 6.45) is 2.76. The molecule has 1 atom stereocenters. The zero-order valence-electron chi connectivity index (χ0n) is 20.3. The molecule has 4 aromatic carbocycles. The molecule has 0 fully saturated rings. The van der Waals surface area contributed by atoms with Crippen LogP contribution in [0.3, 0.4) is 0 Å². The van der Waals surface area contributed by atoms with E-state index < -0.39 is 0 Å². The van der Waals surface area contributed by atoms with E-state index in [1.54, 1.807) is 0 Å². The first kappa shape index (κ1) is 25.4. The van der Waals surface area contributed by atoms with Gasteiger partial charge in [0.05, 0.1) is 5.71 Å². The van der Waals surface area contributed by atoms with Crippen molar-refractivity contribution in [3.63, 3.8) is 0 Å². The van der Waals surface area contributed by atoms with Crippen molar-refractivity contribution < 1.29 is 0 Å². The predicted octanol–water partition coefficient (Wildman–Crippen LogP) is 7.43. The minimum Gasteiger partial charge on any atom is -0.378 e. The number of thioether (sulfide) groups is 1. The molecule has 0 radical (unpaired) electrons. The number of nitrogens with two attached hydrogens (primary N) is 1. The van der Waals surface area contributed by atoms with E-state index >= 15 is 0 Å². The third-order valence-electron chi connectivity index (χ3n) is 6.13. The molecule has 2 N–H and O–H groups in total. The molecule has 5 rings (SSSR count). The van der Waals surface area contributed by atoms with Gasteiger partial charge in [0.1, 0.15) is 0 Å². The van der Waals surface area contributed by atoms with Gasteiger partial charge in [-0.2, -0.15) is 14.5 Å². The maximum atomic E-state index is 6.19. The van der Waals surface area contributed by atoms with Gasteiger partial charge in [0.2, 0.25) is 0 Å². The molecule has 1 unspecified atom stereocenters. The number of guanidine groups is 1. The van der Waals surface area contributed by atoms with Crippen molar-refractivity contribution in [2.75, 3.05) is 12.8 Å². The Bertz CT molecular complexity index is 1470. The van der Waals surface area contributed by atoms with E-state index in [9.17, 15) is 0 Å². The molecular weight excluding hydrogens is 518 g/mol. The fourth-order valence-electron chi connectivity index (χ4n) is 4.26. The van der Waals surface area contributed by atoms with Gasteiger partial charge >= 0.3 is 0 Å². The van der Waals surface area contributed by atoms with Crippen molar-refractivity contribution in [2.45, 2.75) is 17.2 Å². The fourth-order valence-corrected chi connectivity index (χ4v) is 5.19. The number of hydrogen-bond donors (Lipinski definition) is 1. The maximum Gasteiger partial charge on any atom is 0.255 e. The van der Waals surface area contributed by atoms with E-state index in [0.717, 1.165) is 22.6 Å². The van der Waals surface area contributed by atoms with Gasteiger partial charge in [-0.05, 0) is 58.8 Å². The Morgan fingerprint density at radius 1 is 0.946 bits per heavy atom. The van der Waals surface area contributed by atoms with Crippen LogP contribution < -0.4 is 5.73 Å². The van der Waals surface area contributed by atoms with Crippen molar-refractivity contribution in [3.05, 3.63) is 113 Å². The highest BCUT2D eigenvalue weighted by Gasteiger charge is 2.28. The minimum absolute atomic E-state index is 0.148. The predicted molar refractivity (Wildman–Crippen MR) is 161 cm³/mol. The number of aliphatic imine (C=N–C) groups is 1. The Labute approximate surface area is 230 Å². The van der Waals surface area contributed by atoms with Gasteiger partial charge in [-0.3, -0.25) is 0 Å². The second-order valence-electron chi connectivity index (χ2n) is 8.51. The van der Waals surface area contributed by atoms with Crippen LogP contribution in [0.1, 0.15) is 23.5 Å². The smallest absolute Gasteiger partial charge is 0.255 e. The average molecular weight is 544 g/mol. The summed E-state index contributed by atoms with van der Waals surface area (Å²) in [4.78, 5) is 5.64. The average Bonchev–Trinajstić information content (AvgIpc) is 2.95. The summed E-state index contributed by atoms with van der Waals surface area (Å²) >= 11 is 8.94. The van der Waals surface area contributed by atoms with Crippen molar-refractivity contribution in [2.24, 2.45) is 20.2 Å². The Hall–Kier alpha value is -3.26. The third kappa shape index (κ3) is 6.18. The van der Waals surface area contributed by atoms with Gasteiger partial charge in [0.15, 0.2) is 5.17 Å². The summed E-state index contributed by atoms with van der Waals surface area (Å²) in [5.74, 6) is 0.623. The van der Waals surface area contributed by atoms with Gasteiger partial charge in [-0.25, -0.2) is 5.01 Å². The number of amidine groups is 1. The lowest BCUT2D eigenvalue weighted by molar-refractivity contribution is 0.400. The van der Waals surface area contributed by atoms with Crippen LogP contribution in [-0.4, -0.2) is 34.6 Å². The summed E-state index contributed by atoms with van der Waals surface area (Å²) in [7, 11) is 0. The molecule has 5 nitrogen and oxygen atoms in total. The van der Waals surface area contributed by atoms with Gasteiger partial charge in [0.25, 0.3) is 5.96 Å². The zero-order chi connectivity index (χ0) is 25.6. The van der Waals surface area contributed by atoms with Crippen LogP contribution in [-0.2, 0) is 0 Å². The molecule has 0 aromatic heterocycles. The number of rotatable bonds is 4. The first-order valence-electron chi connectivity index (χ1n) is 11.9. The number of hydrogen-bond acceptors (Lipinski definition) is 4. The largest absolute Gasteiger partial charge is 0.378 e. The molecule has 0 bridgehead atoms. The maximum absolute atomic E-state index is 6.19. The molecule has 1 heterocycles. The van der Waals surface area contributed by atoms with E-state index in [0.29, 0.717) is 22.7 Å². The molecule has 1 aliphatic rings. The number of hydrazone groups is 1. The van der Waals surface area contributed by atoms with Gasteiger partial charge in [-0.15, -0.1) is 0 Å². The molecule has 37 heavy (non-hydrogen) atoms. The van der Waals surface area contributed by atoms with Crippen molar-refractivity contribution in [1.82, 2.24) is 5.01 Å². The van der Waals surface area contributed by atoms with E-state index in [2.05, 4.69) is 59.6 Å². The Kier molecular flexibility index (Phi) is 8.14. The van der Waals surface area contributed by atoms with Crippen LogP contribution in [0.15, 0.2) is 116 Å². The molecule has 8 heteroatoms. The standard InChI is InChI=1S/C29H26ClN5S2/c1-36-28(31)32-29(34-37-25-16-13-20-7-5-6-10-23(20)19-25)35-18-17-26(21-8-3-2-4-9-21)27(33-35)22-11-14-24(30)15-12-22/h2-16,19,26H,17-18H2,1H3,(H2,31,32,34). The quantitative estimate of drug-likeness (QED) is 0.165. The monoisotopic (exact) mass is 543 g/mol. The Morgan fingerprint density at radius 3 is 2.43 bits per heavy atom. The Balaban J connectivity index is 1.52. The highest BCUT2D eigenvalue weighted by Crippen LogP contribution is 2.31. The molecule has 0 saturated carbocycles. The Morgan fingerprint density at radius 2 is 1.68 bits per heavy atom. The van der Waals surface area contributed by atoms with Crippen LogP contribution in [0.5, 0.6) is 0 Å². The van der Waals surface area contributed by atoms with E-state index in [1.165, 1.54) is 40.0 Å². The molecule has 0 amide bonds. The van der Waals surface area contributed by atoms with Gasteiger partial charge < -0.3 is 5.73 Å². The van der Waals surface area contributed by atoms with Crippen LogP contribution >= 0.6 is 35.3 Å². The summed E-state index contributed by atoms with van der Waals surface area (Å²) in [6, 6.07) is 32.9. The van der Waals surface area contributed by atoms with Crippen LogP contribution in [0.4, 0.5) is 0 Å². The van der Waals surface area contributed by atoms with E-state index in [1.807, 2.05) is 53.7 Å². The lowest BCUT2D eigenvalue weighted by Gasteiger charge is -2.30.